The molecule has 2 fully saturated rings. The summed E-state index contributed by atoms with van der Waals surface area (Å²) in [5.74, 6) is -0.569. The molecule has 6 rings (SSSR count). The molecule has 3 atom stereocenters. The van der Waals surface area contributed by atoms with Crippen LogP contribution in [-0.4, -0.2) is 29.3 Å². The average molecular weight is 770 g/mol. The molecule has 210 valence electrons. The van der Waals surface area contributed by atoms with Crippen molar-refractivity contribution in [1.29, 1.82) is 0 Å². The Kier molecular flexibility index (Phi) is 11.9. The third-order valence-electron chi connectivity index (χ3n) is 7.51. The maximum atomic E-state index is 6.89. The minimum absolute atomic E-state index is 0.0826. The molecule has 0 amide bonds. The fourth-order valence-corrected chi connectivity index (χ4v) is 12.2. The third kappa shape index (κ3) is 7.31. The fraction of sp³-hybridized carbons (Fsp3) is 0.265. The molecule has 1 saturated carbocycles. The van der Waals surface area contributed by atoms with Gasteiger partial charge in [-0.1, -0.05) is 72.8 Å². The van der Waals surface area contributed by atoms with E-state index >= 15 is 0 Å². The van der Waals surface area contributed by atoms with Gasteiger partial charge in [0.1, 0.15) is 17.4 Å². The Balaban J connectivity index is 0.000000886. The molecule has 1 aliphatic carbocycles. The molecular formula is C34H39IO2P2Ru+2. The van der Waals surface area contributed by atoms with Gasteiger partial charge in [0.2, 0.25) is 0 Å². The first kappa shape index (κ1) is 31.9. The van der Waals surface area contributed by atoms with Gasteiger partial charge >= 0.3 is 34.5 Å². The molecule has 4 aromatic carbocycles. The number of hydrogen-bond donors (Lipinski definition) is 0. The van der Waals surface area contributed by atoms with E-state index in [1.807, 2.05) is 0 Å². The molecule has 0 radical (unpaired) electrons. The molecule has 0 bridgehead atoms. The second-order valence-electron chi connectivity index (χ2n) is 10.4. The van der Waals surface area contributed by atoms with Crippen molar-refractivity contribution in [2.75, 3.05) is 6.16 Å². The van der Waals surface area contributed by atoms with Gasteiger partial charge in [-0.25, -0.2) is 0 Å². The minimum atomic E-state index is -1.03. The molecule has 2 nitrogen and oxygen atoms in total. The van der Waals surface area contributed by atoms with Crippen molar-refractivity contribution in [2.45, 2.75) is 50.3 Å². The predicted octanol–water partition coefficient (Wildman–Crippen LogP) is 7.10. The van der Waals surface area contributed by atoms with Gasteiger partial charge in [0.25, 0.3) is 0 Å². The Morgan fingerprint density at radius 2 is 1.07 bits per heavy atom. The van der Waals surface area contributed by atoms with Gasteiger partial charge in [-0.15, -0.1) is 0 Å². The molecule has 1 saturated heterocycles. The van der Waals surface area contributed by atoms with Gasteiger partial charge in [-0.3, -0.25) is 0 Å². The first-order valence-corrected chi connectivity index (χ1v) is 22.2. The molecule has 40 heavy (non-hydrogen) atoms. The molecule has 1 aliphatic heterocycles. The van der Waals surface area contributed by atoms with E-state index in [4.69, 9.17) is 9.47 Å². The molecule has 2 aliphatic rings. The Hall–Kier alpha value is -0.987. The van der Waals surface area contributed by atoms with E-state index in [2.05, 4.69) is 177 Å². The summed E-state index contributed by atoms with van der Waals surface area (Å²) in [6.45, 7) is 9.19. The van der Waals surface area contributed by atoms with Gasteiger partial charge in [-0.2, -0.15) is 6.92 Å². The van der Waals surface area contributed by atoms with Crippen molar-refractivity contribution in [3.8, 4) is 0 Å². The standard InChI is InChI=1S/C32H32O2P2.C2H5.HI.Ru/c1-31(2)33-29(24-35(25-15-7-3-8-16-25)26-17-9-4-10-18-26)32(34-31)23-30(32)36(27-19-11-5-12-20-27)28-21-13-6-14-22-28;1-2;;/h3-22,29-30H,23-24H2,1-2H3;1H2,2H3;1H;/q;-1;;+2/p+1/t29-,30+,32-;;;/m1.../s1. The summed E-state index contributed by atoms with van der Waals surface area (Å²) in [6.07, 6.45) is 2.16. The van der Waals surface area contributed by atoms with E-state index < -0.39 is 21.6 Å². The molecule has 1 spiro atoms. The number of rotatable bonds is 7. The summed E-state index contributed by atoms with van der Waals surface area (Å²) >= 11 is 4.40. The molecule has 4 aromatic rings. The van der Waals surface area contributed by atoms with E-state index in [0.29, 0.717) is 5.66 Å². The molecule has 6 heteroatoms. The van der Waals surface area contributed by atoms with Gasteiger partial charge in [0, 0.05) is 6.42 Å². The van der Waals surface area contributed by atoms with E-state index in [0.717, 1.165) is 12.6 Å². The monoisotopic (exact) mass is 770 g/mol. The topological polar surface area (TPSA) is 18.5 Å². The second kappa shape index (κ2) is 15.0. The van der Waals surface area contributed by atoms with Crippen LogP contribution in [0.15, 0.2) is 121 Å². The number of ether oxygens (including phenoxy) is 2. The zero-order chi connectivity index (χ0) is 28.6. The summed E-state index contributed by atoms with van der Waals surface area (Å²) in [4.78, 5) is 0. The van der Waals surface area contributed by atoms with Gasteiger partial charge in [-0.05, 0) is 62.4 Å². The molecule has 1 heterocycles. The van der Waals surface area contributed by atoms with Crippen molar-refractivity contribution in [1.82, 2.24) is 0 Å². The van der Waals surface area contributed by atoms with Crippen LogP contribution in [0.3, 0.4) is 0 Å². The van der Waals surface area contributed by atoms with E-state index in [-0.39, 0.29) is 11.7 Å². The van der Waals surface area contributed by atoms with Crippen LogP contribution < -0.4 is 21.2 Å². The SMILES string of the molecule is CC1(C)O[C@H](C[PH+](c2ccccc2)c2ccccc2)[C@@]2(C[C@@H]2[PH+](c2ccccc2)c2ccccc2)O1.[CH2-]C.[Ru+][I]. The van der Waals surface area contributed by atoms with E-state index in [1.165, 1.54) is 21.2 Å². The molecule has 0 unspecified atom stereocenters. The average Bonchev–Trinajstić information content (AvgIpc) is 3.64. The zero-order valence-corrected chi connectivity index (χ0v) is 29.3. The predicted molar refractivity (Wildman–Crippen MR) is 182 cm³/mol. The van der Waals surface area contributed by atoms with E-state index in [9.17, 15) is 0 Å². The Morgan fingerprint density at radius 3 is 1.48 bits per heavy atom. The van der Waals surface area contributed by atoms with Crippen LogP contribution >= 0.6 is 35.6 Å². The summed E-state index contributed by atoms with van der Waals surface area (Å²) < 4.78 is 13.7. The molecule has 0 N–H and O–H groups in total. The Bertz CT molecular complexity index is 1220. The van der Waals surface area contributed by atoms with Crippen LogP contribution in [0.5, 0.6) is 0 Å². The summed E-state index contributed by atoms with van der Waals surface area (Å²) in [7, 11) is -2.07. The van der Waals surface area contributed by atoms with Crippen LogP contribution in [0.25, 0.3) is 0 Å². The maximum absolute atomic E-state index is 6.89. The fourth-order valence-electron chi connectivity index (χ4n) is 5.95. The van der Waals surface area contributed by atoms with Crippen molar-refractivity contribution in [3.63, 3.8) is 0 Å². The second-order valence-corrected chi connectivity index (χ2v) is 15.6. The summed E-state index contributed by atoms with van der Waals surface area (Å²) in [6, 6.07) is 44.3. The van der Waals surface area contributed by atoms with Crippen LogP contribution in [0.4, 0.5) is 0 Å². The van der Waals surface area contributed by atoms with Gasteiger partial charge < -0.3 is 16.4 Å². The van der Waals surface area contributed by atoms with E-state index in [1.54, 1.807) is 6.92 Å². The normalized spacial score (nSPS) is 22.3. The zero-order valence-electron chi connectivity index (χ0n) is 23.4. The molecule has 0 aromatic heterocycles. The number of benzene rings is 4. The third-order valence-corrected chi connectivity index (χ3v) is 13.7. The Labute approximate surface area is 264 Å². The van der Waals surface area contributed by atoms with Crippen LogP contribution in [0.2, 0.25) is 0 Å². The number of hydrogen-bond acceptors (Lipinski definition) is 2. The number of halogens is 1. The quantitative estimate of drug-likeness (QED) is 0.0865. The van der Waals surface area contributed by atoms with Gasteiger partial charge in [0.15, 0.2) is 5.79 Å². The van der Waals surface area contributed by atoms with Crippen LogP contribution in [-0.2, 0) is 24.3 Å². The van der Waals surface area contributed by atoms with Crippen molar-refractivity contribution in [2.24, 2.45) is 0 Å². The van der Waals surface area contributed by atoms with Crippen LogP contribution in [0.1, 0.15) is 27.2 Å². The Morgan fingerprint density at radius 1 is 0.700 bits per heavy atom. The summed E-state index contributed by atoms with van der Waals surface area (Å²) in [5, 5.41) is 5.79. The van der Waals surface area contributed by atoms with Crippen molar-refractivity contribution < 1.29 is 24.3 Å². The molecular weight excluding hydrogens is 730 g/mol. The first-order valence-electron chi connectivity index (χ1n) is 13.7. The van der Waals surface area contributed by atoms with Crippen LogP contribution in [0, 0.1) is 6.92 Å². The van der Waals surface area contributed by atoms with Crippen molar-refractivity contribution in [3.05, 3.63) is 128 Å². The van der Waals surface area contributed by atoms with Gasteiger partial charge in [0.05, 0.1) is 43.2 Å². The van der Waals surface area contributed by atoms with Crippen molar-refractivity contribution >= 4 is 56.8 Å². The first-order chi connectivity index (χ1) is 19.6. The summed E-state index contributed by atoms with van der Waals surface area (Å²) in [5.41, 5.74) is 0.261.